The van der Waals surface area contributed by atoms with E-state index in [9.17, 15) is 19.2 Å². The van der Waals surface area contributed by atoms with Crippen molar-refractivity contribution in [2.24, 2.45) is 10.9 Å². The Morgan fingerprint density at radius 3 is 2.30 bits per heavy atom. The van der Waals surface area contributed by atoms with Gasteiger partial charge in [0.1, 0.15) is 0 Å². The molecule has 1 heterocycles. The van der Waals surface area contributed by atoms with Gasteiger partial charge >= 0.3 is 17.1 Å². The summed E-state index contributed by atoms with van der Waals surface area (Å²) in [6.07, 6.45) is 7.65. The molecule has 2 rings (SSSR count). The van der Waals surface area contributed by atoms with Crippen LogP contribution >= 0.6 is 0 Å². The Labute approximate surface area is 132 Å². The van der Waals surface area contributed by atoms with Crippen molar-refractivity contribution in [3.05, 3.63) is 31.5 Å². The predicted octanol–water partition coefficient (Wildman–Crippen LogP) is 0.851. The quantitative estimate of drug-likeness (QED) is 0.596. The highest BCUT2D eigenvalue weighted by molar-refractivity contribution is 5.33. The number of rotatable bonds is 6. The van der Waals surface area contributed by atoms with Crippen LogP contribution in [-0.4, -0.2) is 26.7 Å². The fourth-order valence-corrected chi connectivity index (χ4v) is 3.43. The fraction of sp³-hybridized carbons (Fsp3) is 0.733. The molecule has 0 spiro atoms. The zero-order chi connectivity index (χ0) is 16.8. The minimum absolute atomic E-state index is 0.157. The van der Waals surface area contributed by atoms with Crippen LogP contribution in [0.5, 0.6) is 0 Å². The molecular weight excluding hydrogens is 300 g/mol. The molecule has 0 aliphatic heterocycles. The van der Waals surface area contributed by atoms with Gasteiger partial charge in [-0.15, -0.1) is 0 Å². The summed E-state index contributed by atoms with van der Waals surface area (Å²) in [4.78, 5) is 54.1. The molecule has 1 aromatic heterocycles. The summed E-state index contributed by atoms with van der Waals surface area (Å²) in [6, 6.07) is -0.678. The van der Waals surface area contributed by atoms with Gasteiger partial charge in [-0.2, -0.15) is 0 Å². The molecule has 23 heavy (non-hydrogen) atoms. The van der Waals surface area contributed by atoms with Gasteiger partial charge in [0.25, 0.3) is 0 Å². The summed E-state index contributed by atoms with van der Waals surface area (Å²) in [5, 5.41) is 0. The number of carbonyl (C=O) groups excluding carboxylic acids is 1. The van der Waals surface area contributed by atoms with Gasteiger partial charge in [-0.05, 0) is 31.6 Å². The van der Waals surface area contributed by atoms with E-state index in [-0.39, 0.29) is 18.0 Å². The molecule has 126 valence electrons. The van der Waals surface area contributed by atoms with Crippen LogP contribution in [0, 0.1) is 5.92 Å². The highest BCUT2D eigenvalue weighted by Gasteiger charge is 2.29. The van der Waals surface area contributed by atoms with E-state index in [1.165, 1.54) is 0 Å². The van der Waals surface area contributed by atoms with E-state index < -0.39 is 17.1 Å². The van der Waals surface area contributed by atoms with E-state index in [1.54, 1.807) is 6.08 Å². The first-order chi connectivity index (χ1) is 11.1. The molecule has 2 unspecified atom stereocenters. The lowest BCUT2D eigenvalue weighted by Gasteiger charge is -2.31. The van der Waals surface area contributed by atoms with E-state index in [1.807, 2.05) is 6.92 Å². The third-order valence-electron chi connectivity index (χ3n) is 4.62. The monoisotopic (exact) mass is 322 g/mol. The van der Waals surface area contributed by atoms with E-state index in [0.29, 0.717) is 12.8 Å². The normalized spacial score (nSPS) is 18.1. The van der Waals surface area contributed by atoms with E-state index >= 15 is 0 Å². The Hall–Kier alpha value is -2.21. The van der Waals surface area contributed by atoms with Gasteiger partial charge in [0, 0.05) is 6.04 Å². The van der Waals surface area contributed by atoms with Crippen molar-refractivity contribution in [2.75, 3.05) is 0 Å². The molecular formula is C15H22N4O4. The maximum atomic E-state index is 12.2. The smallest absolute Gasteiger partial charge is 0.259 e. The van der Waals surface area contributed by atoms with Crippen molar-refractivity contribution in [3.63, 3.8) is 0 Å². The highest BCUT2D eigenvalue weighted by atomic mass is 16.2. The zero-order valence-corrected chi connectivity index (χ0v) is 13.2. The molecule has 1 fully saturated rings. The van der Waals surface area contributed by atoms with Crippen molar-refractivity contribution in [1.29, 1.82) is 0 Å². The molecule has 1 aliphatic rings. The molecule has 1 aromatic rings. The number of hydrogen-bond donors (Lipinski definition) is 2. The first-order valence-electron chi connectivity index (χ1n) is 8.09. The molecule has 2 N–H and O–H groups in total. The topological polar surface area (TPSA) is 117 Å². The Bertz CT molecular complexity index is 701. The molecule has 1 saturated carbocycles. The summed E-state index contributed by atoms with van der Waals surface area (Å²) in [7, 11) is 0. The molecule has 0 amide bonds. The largest absolute Gasteiger partial charge is 0.333 e. The van der Waals surface area contributed by atoms with Gasteiger partial charge < -0.3 is 0 Å². The highest BCUT2D eigenvalue weighted by Crippen LogP contribution is 2.35. The average Bonchev–Trinajstić information content (AvgIpc) is 2.53. The second-order valence-corrected chi connectivity index (χ2v) is 6.04. The Balaban J connectivity index is 2.44. The third kappa shape index (κ3) is 4.16. The lowest BCUT2D eigenvalue weighted by Crippen LogP contribution is -2.47. The molecule has 1 aliphatic carbocycles. The van der Waals surface area contributed by atoms with E-state index in [4.69, 9.17) is 0 Å². The maximum Gasteiger partial charge on any atom is 0.333 e. The number of hydrogen-bond acceptors (Lipinski definition) is 5. The van der Waals surface area contributed by atoms with E-state index in [0.717, 1.165) is 36.7 Å². The van der Waals surface area contributed by atoms with Crippen LogP contribution in [0.4, 0.5) is 0 Å². The minimum Gasteiger partial charge on any atom is -0.259 e. The Kier molecular flexibility index (Phi) is 5.87. The van der Waals surface area contributed by atoms with Crippen LogP contribution in [0.3, 0.4) is 0 Å². The summed E-state index contributed by atoms with van der Waals surface area (Å²) in [5.41, 5.74) is -2.23. The van der Waals surface area contributed by atoms with Crippen molar-refractivity contribution < 1.29 is 4.79 Å². The minimum atomic E-state index is -0.809. The summed E-state index contributed by atoms with van der Waals surface area (Å²) in [5.74, 6) is 0.157. The van der Waals surface area contributed by atoms with Crippen molar-refractivity contribution in [2.45, 2.75) is 64.0 Å². The van der Waals surface area contributed by atoms with Gasteiger partial charge in [0.2, 0.25) is 6.08 Å². The van der Waals surface area contributed by atoms with Crippen LogP contribution in [0.25, 0.3) is 0 Å². The molecule has 0 saturated heterocycles. The van der Waals surface area contributed by atoms with E-state index in [2.05, 4.69) is 15.0 Å². The average molecular weight is 322 g/mol. The molecule has 8 heteroatoms. The number of aromatic nitrogens is 3. The lowest BCUT2D eigenvalue weighted by molar-refractivity contribution is 0.214. The van der Waals surface area contributed by atoms with Crippen LogP contribution in [-0.2, 0) is 4.79 Å². The number of aromatic amines is 2. The fourth-order valence-electron chi connectivity index (χ4n) is 3.43. The molecule has 0 aromatic carbocycles. The van der Waals surface area contributed by atoms with Crippen molar-refractivity contribution >= 4 is 6.08 Å². The number of nitrogens with one attached hydrogen (secondary N) is 2. The van der Waals surface area contributed by atoms with Gasteiger partial charge in [-0.25, -0.2) is 28.7 Å². The second kappa shape index (κ2) is 7.87. The summed E-state index contributed by atoms with van der Waals surface area (Å²) >= 11 is 0. The van der Waals surface area contributed by atoms with Crippen LogP contribution in [0.15, 0.2) is 19.4 Å². The van der Waals surface area contributed by atoms with Crippen LogP contribution < -0.4 is 17.1 Å². The third-order valence-corrected chi connectivity index (χ3v) is 4.62. The molecule has 8 nitrogen and oxygen atoms in total. The maximum absolute atomic E-state index is 12.2. The first kappa shape index (κ1) is 17.1. The first-order valence-corrected chi connectivity index (χ1v) is 8.09. The standard InChI is InChI=1S/C15H22N4O4/c1-2-11(16-9-20)8-12(10-6-4-3-5-7-10)19-14(22)17-13(21)18-15(19)23/h10-12H,2-8H2,1H3,(H2,17,18,21,22,23). The van der Waals surface area contributed by atoms with Gasteiger partial charge in [0.05, 0.1) is 6.04 Å². The number of H-pyrrole nitrogens is 2. The lowest BCUT2D eigenvalue weighted by atomic mass is 9.81. The second-order valence-electron chi connectivity index (χ2n) is 6.04. The SMILES string of the molecule is CCC(CC(C1CCCCC1)n1c(=O)[nH]c(=O)[nH]c1=O)N=C=O. The van der Waals surface area contributed by atoms with Crippen LogP contribution in [0.1, 0.15) is 57.9 Å². The van der Waals surface area contributed by atoms with Gasteiger partial charge in [-0.3, -0.25) is 9.97 Å². The predicted molar refractivity (Wildman–Crippen MR) is 84.4 cm³/mol. The van der Waals surface area contributed by atoms with Crippen molar-refractivity contribution in [1.82, 2.24) is 14.5 Å². The number of isocyanates is 1. The summed E-state index contributed by atoms with van der Waals surface area (Å²) in [6.45, 7) is 1.89. The van der Waals surface area contributed by atoms with Gasteiger partial charge in [-0.1, -0.05) is 26.2 Å². The Morgan fingerprint density at radius 2 is 1.78 bits per heavy atom. The molecule has 0 radical (unpaired) electrons. The Morgan fingerprint density at radius 1 is 1.17 bits per heavy atom. The number of nitrogens with zero attached hydrogens (tertiary/aromatic N) is 2. The summed E-state index contributed by atoms with van der Waals surface area (Å²) < 4.78 is 1.08. The zero-order valence-electron chi connectivity index (χ0n) is 13.2. The van der Waals surface area contributed by atoms with Crippen molar-refractivity contribution in [3.8, 4) is 0 Å². The molecule has 2 atom stereocenters. The molecule has 0 bridgehead atoms. The number of aliphatic imine (C=N–C) groups is 1. The van der Waals surface area contributed by atoms with Gasteiger partial charge in [0.15, 0.2) is 0 Å². The van der Waals surface area contributed by atoms with Crippen LogP contribution in [0.2, 0.25) is 0 Å².